The van der Waals surface area contributed by atoms with Crippen molar-refractivity contribution in [2.75, 3.05) is 13.7 Å². The molecule has 0 aromatic heterocycles. The average Bonchev–Trinajstić information content (AvgIpc) is 2.39. The van der Waals surface area contributed by atoms with Crippen LogP contribution in [0.2, 0.25) is 0 Å². The van der Waals surface area contributed by atoms with Gasteiger partial charge in [-0.05, 0) is 49.4 Å². The highest BCUT2D eigenvalue weighted by Crippen LogP contribution is 2.27. The molecule has 2 unspecified atom stereocenters. The van der Waals surface area contributed by atoms with Crippen LogP contribution in [0.25, 0.3) is 0 Å². The van der Waals surface area contributed by atoms with E-state index in [4.69, 9.17) is 16.3 Å². The normalized spacial score (nSPS) is 23.3. The molecular weight excluding hydrogens is 265 g/mol. The van der Waals surface area contributed by atoms with Gasteiger partial charge in [-0.1, -0.05) is 12.5 Å². The summed E-state index contributed by atoms with van der Waals surface area (Å²) >= 11 is 6.17. The molecule has 2 atom stereocenters. The molecule has 1 saturated carbocycles. The van der Waals surface area contributed by atoms with Gasteiger partial charge in [0.15, 0.2) is 11.6 Å². The second-order valence-corrected chi connectivity index (χ2v) is 5.85. The lowest BCUT2D eigenvalue weighted by Crippen LogP contribution is -2.27. The van der Waals surface area contributed by atoms with E-state index in [1.807, 2.05) is 6.07 Å². The first-order valence-corrected chi connectivity index (χ1v) is 7.30. The molecule has 4 heteroatoms. The third-order valence-electron chi connectivity index (χ3n) is 3.70. The summed E-state index contributed by atoms with van der Waals surface area (Å²) < 4.78 is 18.4. The van der Waals surface area contributed by atoms with Gasteiger partial charge in [0.2, 0.25) is 0 Å². The first-order valence-electron chi connectivity index (χ1n) is 6.86. The van der Waals surface area contributed by atoms with E-state index in [0.29, 0.717) is 23.6 Å². The van der Waals surface area contributed by atoms with Crippen LogP contribution in [0.3, 0.4) is 0 Å². The minimum atomic E-state index is -0.305. The van der Waals surface area contributed by atoms with Crippen molar-refractivity contribution in [1.82, 2.24) is 5.32 Å². The van der Waals surface area contributed by atoms with Gasteiger partial charge in [-0.2, -0.15) is 0 Å². The molecule has 0 spiro atoms. The first kappa shape index (κ1) is 14.6. The number of hydrogen-bond acceptors (Lipinski definition) is 2. The van der Waals surface area contributed by atoms with Crippen molar-refractivity contribution in [2.24, 2.45) is 5.92 Å². The lowest BCUT2D eigenvalue weighted by atomic mass is 9.89. The van der Waals surface area contributed by atoms with Gasteiger partial charge in [-0.25, -0.2) is 4.39 Å². The highest BCUT2D eigenvalue weighted by atomic mass is 35.5. The third-order valence-corrected chi connectivity index (χ3v) is 4.09. The van der Waals surface area contributed by atoms with Crippen LogP contribution in [0.1, 0.15) is 31.2 Å². The molecule has 0 heterocycles. The van der Waals surface area contributed by atoms with Crippen LogP contribution in [-0.4, -0.2) is 19.0 Å². The molecule has 19 heavy (non-hydrogen) atoms. The van der Waals surface area contributed by atoms with Gasteiger partial charge in [0.05, 0.1) is 7.11 Å². The lowest BCUT2D eigenvalue weighted by Gasteiger charge is -2.25. The Morgan fingerprint density at radius 2 is 2.26 bits per heavy atom. The number of halogens is 2. The van der Waals surface area contributed by atoms with Crippen molar-refractivity contribution in [3.05, 3.63) is 29.6 Å². The number of hydrogen-bond donors (Lipinski definition) is 1. The van der Waals surface area contributed by atoms with E-state index in [0.717, 1.165) is 24.9 Å². The van der Waals surface area contributed by atoms with E-state index in [1.165, 1.54) is 26.0 Å². The minimum Gasteiger partial charge on any atom is -0.494 e. The Bertz CT molecular complexity index is 413. The van der Waals surface area contributed by atoms with E-state index in [1.54, 1.807) is 6.07 Å². The quantitative estimate of drug-likeness (QED) is 0.833. The van der Waals surface area contributed by atoms with Crippen molar-refractivity contribution < 1.29 is 9.13 Å². The minimum absolute atomic E-state index is 0.293. The van der Waals surface area contributed by atoms with Gasteiger partial charge in [0, 0.05) is 11.9 Å². The average molecular weight is 286 g/mol. The van der Waals surface area contributed by atoms with Crippen molar-refractivity contribution in [3.63, 3.8) is 0 Å². The number of nitrogens with one attached hydrogen (secondary N) is 1. The molecule has 0 bridgehead atoms. The summed E-state index contributed by atoms with van der Waals surface area (Å²) in [4.78, 5) is 0. The zero-order valence-corrected chi connectivity index (χ0v) is 12.0. The van der Waals surface area contributed by atoms with Crippen LogP contribution in [0.5, 0.6) is 5.75 Å². The SMILES string of the molecule is COc1ccc(CNCC2CCCC(Cl)C2)cc1F. The Labute approximate surface area is 119 Å². The Morgan fingerprint density at radius 3 is 2.95 bits per heavy atom. The second-order valence-electron chi connectivity index (χ2n) is 5.23. The van der Waals surface area contributed by atoms with Gasteiger partial charge in [-0.3, -0.25) is 0 Å². The molecule has 1 aliphatic rings. The van der Waals surface area contributed by atoms with Gasteiger partial charge >= 0.3 is 0 Å². The van der Waals surface area contributed by atoms with Crippen LogP contribution in [0, 0.1) is 11.7 Å². The largest absolute Gasteiger partial charge is 0.494 e. The topological polar surface area (TPSA) is 21.3 Å². The van der Waals surface area contributed by atoms with E-state index in [2.05, 4.69) is 5.32 Å². The Balaban J connectivity index is 1.77. The van der Waals surface area contributed by atoms with E-state index >= 15 is 0 Å². The first-order chi connectivity index (χ1) is 9.19. The van der Waals surface area contributed by atoms with Crippen molar-refractivity contribution in [1.29, 1.82) is 0 Å². The molecule has 1 fully saturated rings. The number of ether oxygens (including phenoxy) is 1. The summed E-state index contributed by atoms with van der Waals surface area (Å²) in [5.74, 6) is 0.639. The molecule has 0 saturated heterocycles. The molecule has 1 aromatic carbocycles. The molecule has 2 nitrogen and oxygen atoms in total. The molecule has 0 radical (unpaired) electrons. The maximum absolute atomic E-state index is 13.5. The summed E-state index contributed by atoms with van der Waals surface area (Å²) in [6.45, 7) is 1.64. The maximum atomic E-state index is 13.5. The molecule has 1 aliphatic carbocycles. The Morgan fingerprint density at radius 1 is 1.42 bits per heavy atom. The summed E-state index contributed by atoms with van der Waals surface area (Å²) in [7, 11) is 1.47. The van der Waals surface area contributed by atoms with Gasteiger partial charge in [-0.15, -0.1) is 11.6 Å². The van der Waals surface area contributed by atoms with Gasteiger partial charge in [0.25, 0.3) is 0 Å². The number of alkyl halides is 1. The van der Waals surface area contributed by atoms with Crippen LogP contribution >= 0.6 is 11.6 Å². The molecule has 1 N–H and O–H groups in total. The van der Waals surface area contributed by atoms with Crippen molar-refractivity contribution in [3.8, 4) is 5.75 Å². The van der Waals surface area contributed by atoms with E-state index < -0.39 is 0 Å². The lowest BCUT2D eigenvalue weighted by molar-refractivity contribution is 0.346. The monoisotopic (exact) mass is 285 g/mol. The van der Waals surface area contributed by atoms with Crippen molar-refractivity contribution >= 4 is 11.6 Å². The van der Waals surface area contributed by atoms with Gasteiger partial charge < -0.3 is 10.1 Å². The highest BCUT2D eigenvalue weighted by molar-refractivity contribution is 6.20. The molecule has 106 valence electrons. The van der Waals surface area contributed by atoms with E-state index in [-0.39, 0.29) is 5.82 Å². The molecule has 0 aliphatic heterocycles. The van der Waals surface area contributed by atoms with Crippen molar-refractivity contribution in [2.45, 2.75) is 37.6 Å². The molecule has 1 aromatic rings. The fraction of sp³-hybridized carbons (Fsp3) is 0.600. The zero-order valence-electron chi connectivity index (χ0n) is 11.3. The summed E-state index contributed by atoms with van der Waals surface area (Å²) in [6.07, 6.45) is 4.69. The summed E-state index contributed by atoms with van der Waals surface area (Å²) in [5.41, 5.74) is 0.941. The predicted molar refractivity (Wildman–Crippen MR) is 76.3 cm³/mol. The standard InChI is InChI=1S/C15H21ClFNO/c1-19-15-6-5-12(8-14(15)17)10-18-9-11-3-2-4-13(16)7-11/h5-6,8,11,13,18H,2-4,7,9-10H2,1H3. The zero-order chi connectivity index (χ0) is 13.7. The molecular formula is C15H21ClFNO. The highest BCUT2D eigenvalue weighted by Gasteiger charge is 2.19. The predicted octanol–water partition coefficient (Wildman–Crippen LogP) is 3.72. The van der Waals surface area contributed by atoms with Crippen LogP contribution in [0.15, 0.2) is 18.2 Å². The number of benzene rings is 1. The van der Waals surface area contributed by atoms with Crippen LogP contribution < -0.4 is 10.1 Å². The smallest absolute Gasteiger partial charge is 0.165 e. The fourth-order valence-corrected chi connectivity index (χ4v) is 3.06. The van der Waals surface area contributed by atoms with Crippen LogP contribution in [-0.2, 0) is 6.54 Å². The Kier molecular flexibility index (Phi) is 5.46. The van der Waals surface area contributed by atoms with E-state index in [9.17, 15) is 4.39 Å². The summed E-state index contributed by atoms with van der Waals surface area (Å²) in [5, 5.41) is 3.72. The maximum Gasteiger partial charge on any atom is 0.165 e. The summed E-state index contributed by atoms with van der Waals surface area (Å²) in [6, 6.07) is 5.08. The Hall–Kier alpha value is -0.800. The molecule has 0 amide bonds. The number of methoxy groups -OCH3 is 1. The molecule has 2 rings (SSSR count). The fourth-order valence-electron chi connectivity index (χ4n) is 2.65. The third kappa shape index (κ3) is 4.36. The second kappa shape index (κ2) is 7.11. The van der Waals surface area contributed by atoms with Crippen LogP contribution in [0.4, 0.5) is 4.39 Å². The van der Waals surface area contributed by atoms with Gasteiger partial charge in [0.1, 0.15) is 0 Å². The number of rotatable bonds is 5.